The lowest BCUT2D eigenvalue weighted by molar-refractivity contribution is -0.137. The van der Waals surface area contributed by atoms with E-state index < -0.39 is 21.5 Å². The number of carbonyl (C=O) groups excluding carboxylic acids is 1. The van der Waals surface area contributed by atoms with E-state index in [0.29, 0.717) is 31.5 Å². The van der Waals surface area contributed by atoms with E-state index in [1.165, 1.54) is 16.2 Å². The van der Waals surface area contributed by atoms with Gasteiger partial charge in [0.15, 0.2) is 5.96 Å². The third-order valence-corrected chi connectivity index (χ3v) is 11.1. The zero-order valence-corrected chi connectivity index (χ0v) is 21.5. The predicted molar refractivity (Wildman–Crippen MR) is 136 cm³/mol. The van der Waals surface area contributed by atoms with Gasteiger partial charge in [0.25, 0.3) is 0 Å². The van der Waals surface area contributed by atoms with Crippen LogP contribution in [0, 0.1) is 23.2 Å². The maximum absolute atomic E-state index is 13.6. The Labute approximate surface area is 210 Å². The van der Waals surface area contributed by atoms with Crippen molar-refractivity contribution in [2.75, 3.05) is 20.1 Å². The fourth-order valence-corrected chi connectivity index (χ4v) is 8.31. The molecule has 8 nitrogen and oxygen atoms in total. The molecule has 2 atom stereocenters. The van der Waals surface area contributed by atoms with Gasteiger partial charge in [-0.1, -0.05) is 12.1 Å². The Morgan fingerprint density at radius 2 is 1.89 bits per heavy atom. The van der Waals surface area contributed by atoms with Crippen molar-refractivity contribution in [2.24, 2.45) is 22.6 Å². The molecule has 2 aromatic rings. The van der Waals surface area contributed by atoms with Crippen LogP contribution in [-0.4, -0.2) is 54.9 Å². The normalized spacial score (nSPS) is 26.4. The highest BCUT2D eigenvalue weighted by Gasteiger charge is 2.52. The van der Waals surface area contributed by atoms with Gasteiger partial charge in [-0.15, -0.1) is 11.3 Å². The molecule has 35 heavy (non-hydrogen) atoms. The van der Waals surface area contributed by atoms with Crippen LogP contribution in [0.25, 0.3) is 11.1 Å². The van der Waals surface area contributed by atoms with Crippen molar-refractivity contribution in [1.82, 2.24) is 9.21 Å². The van der Waals surface area contributed by atoms with Crippen LogP contribution in [-0.2, 0) is 20.4 Å². The number of amides is 1. The number of sulfonamides is 1. The van der Waals surface area contributed by atoms with E-state index in [-0.39, 0.29) is 23.0 Å². The van der Waals surface area contributed by atoms with Gasteiger partial charge in [-0.2, -0.15) is 5.26 Å². The van der Waals surface area contributed by atoms with E-state index in [9.17, 15) is 18.5 Å². The summed E-state index contributed by atoms with van der Waals surface area (Å²) >= 11 is 1.53. The minimum absolute atomic E-state index is 0.00933. The lowest BCUT2D eigenvalue weighted by atomic mass is 9.71. The highest BCUT2D eigenvalue weighted by atomic mass is 32.2. The topological polar surface area (TPSA) is 120 Å². The molecule has 0 radical (unpaired) electrons. The van der Waals surface area contributed by atoms with Crippen molar-refractivity contribution in [3.63, 3.8) is 0 Å². The molecule has 184 valence electrons. The summed E-state index contributed by atoms with van der Waals surface area (Å²) in [5.74, 6) is -0.346. The SMILES string of the molecule is CN1C(=O)[C@H](C2CCN(S(=O)(=O)C3CC3)CC2)[C@@](C)(c2cc(-c3cccc(C#N)c3)cs2)N=C1N. The van der Waals surface area contributed by atoms with Gasteiger partial charge in [0.2, 0.25) is 15.9 Å². The van der Waals surface area contributed by atoms with Crippen molar-refractivity contribution in [1.29, 1.82) is 5.26 Å². The molecular weight excluding hydrogens is 482 g/mol. The van der Waals surface area contributed by atoms with Crippen molar-refractivity contribution in [3.8, 4) is 17.2 Å². The molecule has 1 aromatic heterocycles. The molecule has 1 saturated carbocycles. The quantitative estimate of drug-likeness (QED) is 0.661. The second-order valence-electron chi connectivity index (χ2n) is 9.87. The van der Waals surface area contributed by atoms with E-state index in [1.807, 2.05) is 36.6 Å². The number of piperidine rings is 1. The number of nitrogens with two attached hydrogens (primary N) is 1. The first kappa shape index (κ1) is 24.0. The van der Waals surface area contributed by atoms with Gasteiger partial charge in [0.05, 0.1) is 22.8 Å². The van der Waals surface area contributed by atoms with E-state index in [0.717, 1.165) is 28.8 Å². The number of benzene rings is 1. The third-order valence-electron chi connectivity index (χ3n) is 7.59. The number of nitrogens with zero attached hydrogens (tertiary/aromatic N) is 4. The Kier molecular flexibility index (Phi) is 5.98. The summed E-state index contributed by atoms with van der Waals surface area (Å²) in [7, 11) is -1.57. The molecule has 10 heteroatoms. The van der Waals surface area contributed by atoms with Crippen molar-refractivity contribution in [3.05, 3.63) is 46.2 Å². The van der Waals surface area contributed by atoms with Gasteiger partial charge in [-0.3, -0.25) is 9.69 Å². The van der Waals surface area contributed by atoms with Gasteiger partial charge in [-0.05, 0) is 73.2 Å². The number of nitriles is 1. The largest absolute Gasteiger partial charge is 0.369 e. The second kappa shape index (κ2) is 8.73. The van der Waals surface area contributed by atoms with E-state index in [2.05, 4.69) is 6.07 Å². The first-order valence-electron chi connectivity index (χ1n) is 11.9. The molecule has 0 unspecified atom stereocenters. The molecule has 1 aliphatic carbocycles. The molecule has 2 fully saturated rings. The average Bonchev–Trinajstić information content (AvgIpc) is 3.60. The van der Waals surface area contributed by atoms with Crippen LogP contribution in [0.4, 0.5) is 0 Å². The minimum atomic E-state index is -3.22. The zero-order valence-electron chi connectivity index (χ0n) is 19.8. The Morgan fingerprint density at radius 1 is 1.17 bits per heavy atom. The van der Waals surface area contributed by atoms with E-state index in [4.69, 9.17) is 10.7 Å². The molecule has 5 rings (SSSR count). The summed E-state index contributed by atoms with van der Waals surface area (Å²) < 4.78 is 27.0. The molecular formula is C25H29N5O3S2. The number of carbonyl (C=O) groups is 1. The number of rotatable bonds is 5. The van der Waals surface area contributed by atoms with Gasteiger partial charge >= 0.3 is 0 Å². The number of thiophene rings is 1. The highest BCUT2D eigenvalue weighted by molar-refractivity contribution is 7.90. The predicted octanol–water partition coefficient (Wildman–Crippen LogP) is 3.11. The van der Waals surface area contributed by atoms with Crippen LogP contribution in [0.2, 0.25) is 0 Å². The van der Waals surface area contributed by atoms with Crippen LogP contribution >= 0.6 is 11.3 Å². The molecule has 2 aliphatic heterocycles. The Balaban J connectivity index is 1.46. The fourth-order valence-electron chi connectivity index (χ4n) is 5.38. The molecule has 0 spiro atoms. The Morgan fingerprint density at radius 3 is 2.54 bits per heavy atom. The van der Waals surface area contributed by atoms with Crippen LogP contribution in [0.15, 0.2) is 40.7 Å². The first-order chi connectivity index (χ1) is 16.6. The van der Waals surface area contributed by atoms with Crippen LogP contribution in [0.5, 0.6) is 0 Å². The molecule has 2 N–H and O–H groups in total. The molecule has 1 saturated heterocycles. The average molecular weight is 512 g/mol. The smallest absolute Gasteiger partial charge is 0.235 e. The minimum Gasteiger partial charge on any atom is -0.369 e. The third kappa shape index (κ3) is 4.15. The maximum atomic E-state index is 13.6. The van der Waals surface area contributed by atoms with Crippen LogP contribution in [0.1, 0.15) is 43.0 Å². The van der Waals surface area contributed by atoms with Crippen molar-refractivity contribution in [2.45, 2.75) is 43.4 Å². The lowest BCUT2D eigenvalue weighted by Crippen LogP contribution is -2.57. The summed E-state index contributed by atoms with van der Waals surface area (Å²) in [6.07, 6.45) is 2.73. The van der Waals surface area contributed by atoms with Crippen molar-refractivity contribution < 1.29 is 13.2 Å². The number of guanidine groups is 1. The number of hydrogen-bond donors (Lipinski definition) is 1. The highest BCUT2D eigenvalue weighted by Crippen LogP contribution is 2.48. The van der Waals surface area contributed by atoms with Gasteiger partial charge < -0.3 is 5.73 Å². The Hall–Kier alpha value is -2.74. The maximum Gasteiger partial charge on any atom is 0.235 e. The molecule has 3 aliphatic rings. The second-order valence-corrected chi connectivity index (χ2v) is 13.0. The summed E-state index contributed by atoms with van der Waals surface area (Å²) in [4.78, 5) is 20.8. The standard InChI is InChI=1S/C25H29N5O3S2/c1-25(21-13-19(15-34-21)18-5-3-4-16(12-18)14-26)22(23(31)29(2)24(27)28-25)17-8-10-30(11-9-17)35(32,33)20-6-7-20/h3-5,12-13,15,17,20,22H,6-11H2,1-2H3,(H2,27,28)/t22-,25+/m0/s1. The van der Waals surface area contributed by atoms with Crippen molar-refractivity contribution >= 4 is 33.2 Å². The zero-order chi connectivity index (χ0) is 25.0. The summed E-state index contributed by atoms with van der Waals surface area (Å²) in [5, 5.41) is 11.1. The van der Waals surface area contributed by atoms with Gasteiger partial charge in [0.1, 0.15) is 5.54 Å². The fraction of sp³-hybridized carbons (Fsp3) is 0.480. The summed E-state index contributed by atoms with van der Waals surface area (Å²) in [6, 6.07) is 11.6. The van der Waals surface area contributed by atoms with Crippen LogP contribution < -0.4 is 5.73 Å². The van der Waals surface area contributed by atoms with Gasteiger partial charge in [-0.25, -0.2) is 17.7 Å². The Bertz CT molecular complexity index is 1330. The monoisotopic (exact) mass is 511 g/mol. The first-order valence-corrected chi connectivity index (χ1v) is 14.2. The summed E-state index contributed by atoms with van der Waals surface area (Å²) in [6.45, 7) is 2.83. The number of hydrogen-bond acceptors (Lipinski definition) is 7. The van der Waals surface area contributed by atoms with Gasteiger partial charge in [0, 0.05) is 25.0 Å². The molecule has 1 aromatic carbocycles. The summed E-state index contributed by atoms with van der Waals surface area (Å²) in [5.41, 5.74) is 7.81. The van der Waals surface area contributed by atoms with Crippen LogP contribution in [0.3, 0.4) is 0 Å². The molecule has 3 heterocycles. The molecule has 0 bridgehead atoms. The number of aliphatic imine (C=N–C) groups is 1. The lowest BCUT2D eigenvalue weighted by Gasteiger charge is -2.45. The van der Waals surface area contributed by atoms with E-state index in [1.54, 1.807) is 17.4 Å². The molecule has 1 amide bonds. The van der Waals surface area contributed by atoms with E-state index >= 15 is 0 Å².